The predicted molar refractivity (Wildman–Crippen MR) is 58.6 cm³/mol. The van der Waals surface area contributed by atoms with Gasteiger partial charge in [-0.15, -0.1) is 0 Å². The van der Waals surface area contributed by atoms with Crippen molar-refractivity contribution in [1.29, 1.82) is 0 Å². The van der Waals surface area contributed by atoms with Crippen LogP contribution in [0.2, 0.25) is 0 Å². The van der Waals surface area contributed by atoms with E-state index in [2.05, 4.69) is 0 Å². The molecule has 1 atom stereocenters. The Morgan fingerprint density at radius 1 is 1.24 bits per heavy atom. The van der Waals surface area contributed by atoms with Crippen molar-refractivity contribution in [3.8, 4) is 11.5 Å². The molecule has 0 aromatic heterocycles. The van der Waals surface area contributed by atoms with Crippen molar-refractivity contribution in [2.24, 2.45) is 5.92 Å². The number of aliphatic carboxylic acids is 1. The zero-order chi connectivity index (χ0) is 12.4. The van der Waals surface area contributed by atoms with E-state index in [1.165, 1.54) is 12.1 Å². The first-order valence-corrected chi connectivity index (χ1v) is 5.25. The molecule has 0 radical (unpaired) electrons. The number of ketones is 1. The van der Waals surface area contributed by atoms with E-state index in [9.17, 15) is 9.59 Å². The summed E-state index contributed by atoms with van der Waals surface area (Å²) in [4.78, 5) is 21.9. The molecule has 5 heteroatoms. The molecule has 1 aromatic carbocycles. The number of hydrogen-bond donors (Lipinski definition) is 1. The average Bonchev–Trinajstić information content (AvgIpc) is 2.50. The van der Waals surface area contributed by atoms with Crippen LogP contribution < -0.4 is 9.47 Å². The highest BCUT2D eigenvalue weighted by Gasteiger charge is 2.20. The third-order valence-electron chi connectivity index (χ3n) is 2.45. The minimum absolute atomic E-state index is 0.0920. The first-order chi connectivity index (χ1) is 8.08. The molecule has 0 saturated heterocycles. The standard InChI is InChI=1S/C12H12O5/c1-7-5-16-9-3-2-8(11(13)12(14)15)4-10(9)17-6-7/h2-4,7H,5-6H2,1H3,(H,14,15). The first-order valence-electron chi connectivity index (χ1n) is 5.25. The number of rotatable bonds is 2. The summed E-state index contributed by atoms with van der Waals surface area (Å²) in [5, 5.41) is 8.62. The average molecular weight is 236 g/mol. The largest absolute Gasteiger partial charge is 0.489 e. The van der Waals surface area contributed by atoms with Crippen LogP contribution in [0, 0.1) is 5.92 Å². The topological polar surface area (TPSA) is 72.8 Å². The Balaban J connectivity index is 2.31. The van der Waals surface area contributed by atoms with Gasteiger partial charge in [0.2, 0.25) is 0 Å². The number of Topliss-reactive ketones (excluding diaryl/α,β-unsaturated/α-hetero) is 1. The number of benzene rings is 1. The lowest BCUT2D eigenvalue weighted by Crippen LogP contribution is -2.13. The number of carboxylic acids is 1. The van der Waals surface area contributed by atoms with Gasteiger partial charge in [0.15, 0.2) is 11.5 Å². The highest BCUT2D eigenvalue weighted by atomic mass is 16.5. The van der Waals surface area contributed by atoms with Crippen LogP contribution in [0.25, 0.3) is 0 Å². The number of carboxylic acid groups (broad SMARTS) is 1. The number of ether oxygens (including phenoxy) is 2. The van der Waals surface area contributed by atoms with Gasteiger partial charge in [0, 0.05) is 11.5 Å². The summed E-state index contributed by atoms with van der Waals surface area (Å²) in [6.45, 7) is 3.01. The molecule has 0 saturated carbocycles. The van der Waals surface area contributed by atoms with Crippen LogP contribution in [0.15, 0.2) is 18.2 Å². The van der Waals surface area contributed by atoms with Crippen LogP contribution in [0.1, 0.15) is 17.3 Å². The van der Waals surface area contributed by atoms with Crippen LogP contribution in [0.5, 0.6) is 11.5 Å². The van der Waals surface area contributed by atoms with E-state index < -0.39 is 11.8 Å². The summed E-state index contributed by atoms with van der Waals surface area (Å²) in [5.41, 5.74) is 0.0920. The van der Waals surface area contributed by atoms with Crippen LogP contribution in [0.3, 0.4) is 0 Å². The third-order valence-corrected chi connectivity index (χ3v) is 2.45. The Labute approximate surface area is 98.0 Å². The molecule has 1 aromatic rings. The van der Waals surface area contributed by atoms with Crippen molar-refractivity contribution < 1.29 is 24.2 Å². The normalized spacial score (nSPS) is 18.3. The maximum Gasteiger partial charge on any atom is 0.377 e. The molecule has 17 heavy (non-hydrogen) atoms. The van der Waals surface area contributed by atoms with E-state index in [4.69, 9.17) is 14.6 Å². The lowest BCUT2D eigenvalue weighted by molar-refractivity contribution is -0.131. The maximum absolute atomic E-state index is 11.3. The molecule has 90 valence electrons. The zero-order valence-electron chi connectivity index (χ0n) is 9.30. The molecule has 1 unspecified atom stereocenters. The molecule has 0 bridgehead atoms. The molecule has 1 aliphatic rings. The monoisotopic (exact) mass is 236 g/mol. The number of carbonyl (C=O) groups is 2. The second-order valence-electron chi connectivity index (χ2n) is 4.02. The Kier molecular flexibility index (Phi) is 2.99. The van der Waals surface area contributed by atoms with Crippen molar-refractivity contribution in [2.45, 2.75) is 6.92 Å². The smallest absolute Gasteiger partial charge is 0.377 e. The maximum atomic E-state index is 11.3. The van der Waals surface area contributed by atoms with Gasteiger partial charge in [-0.05, 0) is 18.2 Å². The van der Waals surface area contributed by atoms with Gasteiger partial charge in [0.1, 0.15) is 0 Å². The second kappa shape index (κ2) is 4.45. The van der Waals surface area contributed by atoms with E-state index in [1.54, 1.807) is 6.07 Å². The Morgan fingerprint density at radius 3 is 2.53 bits per heavy atom. The van der Waals surface area contributed by atoms with Crippen LogP contribution >= 0.6 is 0 Å². The summed E-state index contributed by atoms with van der Waals surface area (Å²) < 4.78 is 10.9. The minimum Gasteiger partial charge on any atom is -0.489 e. The van der Waals surface area contributed by atoms with Crippen LogP contribution in [-0.2, 0) is 4.79 Å². The van der Waals surface area contributed by atoms with Gasteiger partial charge >= 0.3 is 5.97 Å². The molecule has 0 amide bonds. The Hall–Kier alpha value is -2.04. The number of hydrogen-bond acceptors (Lipinski definition) is 4. The van der Waals surface area contributed by atoms with Gasteiger partial charge in [-0.1, -0.05) is 6.92 Å². The van der Waals surface area contributed by atoms with Crippen molar-refractivity contribution in [2.75, 3.05) is 13.2 Å². The summed E-state index contributed by atoms with van der Waals surface area (Å²) in [6, 6.07) is 4.39. The van der Waals surface area contributed by atoms with Gasteiger partial charge in [0.25, 0.3) is 5.78 Å². The van der Waals surface area contributed by atoms with Gasteiger partial charge in [-0.2, -0.15) is 0 Å². The van der Waals surface area contributed by atoms with Crippen molar-refractivity contribution in [3.63, 3.8) is 0 Å². The number of fused-ring (bicyclic) bond motifs is 1. The van der Waals surface area contributed by atoms with E-state index in [0.717, 1.165) is 0 Å². The number of carbonyl (C=O) groups excluding carboxylic acids is 1. The molecule has 0 fully saturated rings. The molecule has 1 aliphatic heterocycles. The zero-order valence-corrected chi connectivity index (χ0v) is 9.30. The summed E-state index contributed by atoms with van der Waals surface area (Å²) in [6.07, 6.45) is 0. The van der Waals surface area contributed by atoms with Crippen LogP contribution in [0.4, 0.5) is 0 Å². The SMILES string of the molecule is CC1COc2ccc(C(=O)C(=O)O)cc2OC1. The van der Waals surface area contributed by atoms with E-state index >= 15 is 0 Å². The van der Waals surface area contributed by atoms with E-state index in [-0.39, 0.29) is 11.5 Å². The quantitative estimate of drug-likeness (QED) is 0.620. The highest BCUT2D eigenvalue weighted by molar-refractivity contribution is 6.39. The molecule has 2 rings (SSSR count). The molecule has 5 nitrogen and oxygen atoms in total. The summed E-state index contributed by atoms with van der Waals surface area (Å²) in [7, 11) is 0. The van der Waals surface area contributed by atoms with Gasteiger partial charge in [0.05, 0.1) is 13.2 Å². The van der Waals surface area contributed by atoms with E-state index in [1.807, 2.05) is 6.92 Å². The van der Waals surface area contributed by atoms with Crippen molar-refractivity contribution in [1.82, 2.24) is 0 Å². The predicted octanol–water partition coefficient (Wildman–Crippen LogP) is 1.36. The minimum atomic E-state index is -1.48. The summed E-state index contributed by atoms with van der Waals surface area (Å²) >= 11 is 0. The molecule has 1 heterocycles. The second-order valence-corrected chi connectivity index (χ2v) is 4.02. The third kappa shape index (κ3) is 2.38. The van der Waals surface area contributed by atoms with Gasteiger partial charge < -0.3 is 14.6 Å². The first kappa shape index (κ1) is 11.4. The molecule has 0 aliphatic carbocycles. The van der Waals surface area contributed by atoms with Crippen molar-refractivity contribution >= 4 is 11.8 Å². The lowest BCUT2D eigenvalue weighted by atomic mass is 10.1. The highest BCUT2D eigenvalue weighted by Crippen LogP contribution is 2.31. The fourth-order valence-corrected chi connectivity index (χ4v) is 1.52. The summed E-state index contributed by atoms with van der Waals surface area (Å²) in [5.74, 6) is -1.22. The fraction of sp³-hybridized carbons (Fsp3) is 0.333. The molecule has 1 N–H and O–H groups in total. The van der Waals surface area contributed by atoms with Crippen LogP contribution in [-0.4, -0.2) is 30.1 Å². The van der Waals surface area contributed by atoms with E-state index in [0.29, 0.717) is 24.7 Å². The fourth-order valence-electron chi connectivity index (χ4n) is 1.52. The molecular weight excluding hydrogens is 224 g/mol. The molecular formula is C12H12O5. The Bertz CT molecular complexity index is 466. The Morgan fingerprint density at radius 2 is 1.88 bits per heavy atom. The van der Waals surface area contributed by atoms with Gasteiger partial charge in [-0.3, -0.25) is 4.79 Å². The lowest BCUT2D eigenvalue weighted by Gasteiger charge is -2.07. The van der Waals surface area contributed by atoms with Crippen molar-refractivity contribution in [3.05, 3.63) is 23.8 Å². The molecule has 0 spiro atoms. The van der Waals surface area contributed by atoms with Gasteiger partial charge in [-0.25, -0.2) is 4.79 Å².